The van der Waals surface area contributed by atoms with Crippen LogP contribution in [0.1, 0.15) is 22.0 Å². The molecule has 7 heteroatoms. The molecule has 1 amide bonds. The van der Waals surface area contributed by atoms with Crippen LogP contribution in [0.3, 0.4) is 0 Å². The van der Waals surface area contributed by atoms with Crippen molar-refractivity contribution in [2.24, 2.45) is 0 Å². The Morgan fingerprint density at radius 1 is 1.13 bits per heavy atom. The van der Waals surface area contributed by atoms with Gasteiger partial charge in [0.2, 0.25) is 5.82 Å². The number of halogens is 1. The predicted octanol–water partition coefficient (Wildman–Crippen LogP) is 2.67. The molecule has 2 heterocycles. The normalized spacial score (nSPS) is 10.6. The van der Waals surface area contributed by atoms with E-state index in [9.17, 15) is 9.18 Å². The number of rotatable bonds is 3. The maximum Gasteiger partial charge on any atom is 0.296 e. The number of anilines is 1. The molecule has 0 aliphatic heterocycles. The number of nitrogens with zero attached hydrogens (tertiary/aromatic N) is 4. The molecule has 0 saturated heterocycles. The van der Waals surface area contributed by atoms with Gasteiger partial charge in [0.1, 0.15) is 17.5 Å². The van der Waals surface area contributed by atoms with Crippen LogP contribution in [-0.2, 0) is 0 Å². The van der Waals surface area contributed by atoms with Crippen molar-refractivity contribution < 1.29 is 9.18 Å². The van der Waals surface area contributed by atoms with Crippen LogP contribution in [0.5, 0.6) is 0 Å². The zero-order chi connectivity index (χ0) is 16.4. The highest BCUT2D eigenvalue weighted by atomic mass is 19.1. The smallest absolute Gasteiger partial charge is 0.296 e. The van der Waals surface area contributed by atoms with Gasteiger partial charge in [-0.25, -0.2) is 19.0 Å². The van der Waals surface area contributed by atoms with Crippen molar-refractivity contribution in [1.29, 1.82) is 0 Å². The first kappa shape index (κ1) is 14.8. The van der Waals surface area contributed by atoms with Crippen molar-refractivity contribution >= 4 is 11.7 Å². The summed E-state index contributed by atoms with van der Waals surface area (Å²) in [5.74, 6) is 0.185. The molecule has 2 aromatic heterocycles. The van der Waals surface area contributed by atoms with E-state index in [1.807, 2.05) is 13.0 Å². The summed E-state index contributed by atoms with van der Waals surface area (Å²) in [6, 6.07) is 9.34. The monoisotopic (exact) mass is 311 g/mol. The van der Waals surface area contributed by atoms with Gasteiger partial charge in [0.05, 0.1) is 5.69 Å². The second kappa shape index (κ2) is 5.96. The largest absolute Gasteiger partial charge is 0.304 e. The molecule has 6 nitrogen and oxygen atoms in total. The Labute approximate surface area is 132 Å². The maximum atomic E-state index is 13.0. The van der Waals surface area contributed by atoms with Gasteiger partial charge in [0, 0.05) is 6.20 Å². The zero-order valence-corrected chi connectivity index (χ0v) is 12.6. The van der Waals surface area contributed by atoms with Crippen molar-refractivity contribution in [2.45, 2.75) is 13.8 Å². The van der Waals surface area contributed by atoms with Gasteiger partial charge in [0.25, 0.3) is 5.91 Å². The Bertz CT molecular complexity index is 840. The number of amides is 1. The Hall–Kier alpha value is -3.09. The molecule has 23 heavy (non-hydrogen) atoms. The van der Waals surface area contributed by atoms with Crippen molar-refractivity contribution in [3.63, 3.8) is 0 Å². The van der Waals surface area contributed by atoms with E-state index < -0.39 is 5.91 Å². The standard InChI is InChI=1S/C16H14FN5O/c1-10-3-8-14(18-9-10)20-16(23)15-19-11(2)22(21-15)13-6-4-12(17)5-7-13/h3-9H,1-2H3,(H,18,20,23). The molecule has 0 fully saturated rings. The van der Waals surface area contributed by atoms with Gasteiger partial charge in [-0.05, 0) is 49.7 Å². The molecule has 0 aliphatic rings. The van der Waals surface area contributed by atoms with E-state index in [-0.39, 0.29) is 11.6 Å². The summed E-state index contributed by atoms with van der Waals surface area (Å²) in [5.41, 5.74) is 1.63. The number of nitrogens with one attached hydrogen (secondary N) is 1. The summed E-state index contributed by atoms with van der Waals surface area (Å²) in [7, 11) is 0. The Kier molecular flexibility index (Phi) is 3.84. The van der Waals surface area contributed by atoms with Crippen LogP contribution < -0.4 is 5.32 Å². The zero-order valence-electron chi connectivity index (χ0n) is 12.6. The first-order chi connectivity index (χ1) is 11.0. The van der Waals surface area contributed by atoms with Crippen LogP contribution in [0.2, 0.25) is 0 Å². The van der Waals surface area contributed by atoms with Gasteiger partial charge in [-0.2, -0.15) is 0 Å². The van der Waals surface area contributed by atoms with Crippen LogP contribution in [0.15, 0.2) is 42.6 Å². The highest BCUT2D eigenvalue weighted by molar-refractivity contribution is 6.00. The van der Waals surface area contributed by atoms with Crippen molar-refractivity contribution in [3.8, 4) is 5.69 Å². The fourth-order valence-electron chi connectivity index (χ4n) is 2.03. The van der Waals surface area contributed by atoms with Crippen LogP contribution in [0.25, 0.3) is 5.69 Å². The number of carbonyl (C=O) groups is 1. The molecular weight excluding hydrogens is 297 g/mol. The molecule has 3 aromatic rings. The summed E-state index contributed by atoms with van der Waals surface area (Å²) >= 11 is 0. The fraction of sp³-hybridized carbons (Fsp3) is 0.125. The van der Waals surface area contributed by atoms with Crippen LogP contribution in [0, 0.1) is 19.7 Å². The average molecular weight is 311 g/mol. The van der Waals surface area contributed by atoms with Gasteiger partial charge in [-0.1, -0.05) is 6.07 Å². The first-order valence-electron chi connectivity index (χ1n) is 6.96. The molecule has 0 unspecified atom stereocenters. The minimum absolute atomic E-state index is 0.0224. The molecule has 116 valence electrons. The summed E-state index contributed by atoms with van der Waals surface area (Å²) in [5, 5.41) is 6.80. The third-order valence-corrected chi connectivity index (χ3v) is 3.20. The molecule has 3 rings (SSSR count). The molecular formula is C16H14FN5O. The minimum atomic E-state index is -0.453. The lowest BCUT2D eigenvalue weighted by atomic mass is 10.3. The fourth-order valence-corrected chi connectivity index (χ4v) is 2.03. The third-order valence-electron chi connectivity index (χ3n) is 3.20. The predicted molar refractivity (Wildman–Crippen MR) is 83.0 cm³/mol. The topological polar surface area (TPSA) is 72.7 Å². The van der Waals surface area contributed by atoms with Gasteiger partial charge in [0.15, 0.2) is 0 Å². The van der Waals surface area contributed by atoms with Crippen LogP contribution >= 0.6 is 0 Å². The van der Waals surface area contributed by atoms with Gasteiger partial charge >= 0.3 is 0 Å². The Morgan fingerprint density at radius 3 is 2.52 bits per heavy atom. The number of hydrogen-bond acceptors (Lipinski definition) is 4. The van der Waals surface area contributed by atoms with Crippen molar-refractivity contribution in [2.75, 3.05) is 5.32 Å². The third kappa shape index (κ3) is 3.23. The number of benzene rings is 1. The number of aromatic nitrogens is 4. The lowest BCUT2D eigenvalue weighted by molar-refractivity contribution is 0.101. The van der Waals surface area contributed by atoms with Crippen molar-refractivity contribution in [1.82, 2.24) is 19.7 Å². The van der Waals surface area contributed by atoms with Gasteiger partial charge < -0.3 is 5.32 Å². The van der Waals surface area contributed by atoms with Crippen LogP contribution in [-0.4, -0.2) is 25.7 Å². The molecule has 0 spiro atoms. The second-order valence-corrected chi connectivity index (χ2v) is 5.05. The highest BCUT2D eigenvalue weighted by Gasteiger charge is 2.15. The van der Waals surface area contributed by atoms with Gasteiger partial charge in [-0.15, -0.1) is 5.10 Å². The van der Waals surface area contributed by atoms with Crippen LogP contribution in [0.4, 0.5) is 10.2 Å². The quantitative estimate of drug-likeness (QED) is 0.807. The van der Waals surface area contributed by atoms with E-state index in [0.717, 1.165) is 5.56 Å². The van der Waals surface area contributed by atoms with E-state index in [2.05, 4.69) is 20.4 Å². The van der Waals surface area contributed by atoms with E-state index in [1.165, 1.54) is 16.8 Å². The maximum absolute atomic E-state index is 13.0. The highest BCUT2D eigenvalue weighted by Crippen LogP contribution is 2.11. The van der Waals surface area contributed by atoms with E-state index >= 15 is 0 Å². The Balaban J connectivity index is 1.83. The van der Waals surface area contributed by atoms with E-state index in [0.29, 0.717) is 17.3 Å². The molecule has 0 aliphatic carbocycles. The summed E-state index contributed by atoms with van der Waals surface area (Å²) in [6.07, 6.45) is 1.66. The molecule has 0 atom stereocenters. The molecule has 0 bridgehead atoms. The summed E-state index contributed by atoms with van der Waals surface area (Å²) < 4.78 is 14.5. The summed E-state index contributed by atoms with van der Waals surface area (Å²) in [6.45, 7) is 3.63. The second-order valence-electron chi connectivity index (χ2n) is 5.05. The number of hydrogen-bond donors (Lipinski definition) is 1. The molecule has 1 aromatic carbocycles. The van der Waals surface area contributed by atoms with Gasteiger partial charge in [-0.3, -0.25) is 4.79 Å². The Morgan fingerprint density at radius 2 is 1.87 bits per heavy atom. The molecule has 0 saturated carbocycles. The van der Waals surface area contributed by atoms with E-state index in [4.69, 9.17) is 0 Å². The van der Waals surface area contributed by atoms with E-state index in [1.54, 1.807) is 31.3 Å². The minimum Gasteiger partial charge on any atom is -0.304 e. The number of aryl methyl sites for hydroxylation is 2. The van der Waals surface area contributed by atoms with Crippen molar-refractivity contribution in [3.05, 3.63) is 65.6 Å². The number of carbonyl (C=O) groups excluding carboxylic acids is 1. The first-order valence-corrected chi connectivity index (χ1v) is 6.96. The summed E-state index contributed by atoms with van der Waals surface area (Å²) in [4.78, 5) is 20.4. The average Bonchev–Trinajstić information content (AvgIpc) is 2.92. The lowest BCUT2D eigenvalue weighted by Crippen LogP contribution is -2.15. The molecule has 1 N–H and O–H groups in total. The number of pyridine rings is 1. The lowest BCUT2D eigenvalue weighted by Gasteiger charge is -2.02. The molecule has 0 radical (unpaired) electrons. The SMILES string of the molecule is Cc1ccc(NC(=O)c2nc(C)n(-c3ccc(F)cc3)n2)nc1.